The van der Waals surface area contributed by atoms with E-state index < -0.39 is 42.4 Å². The third-order valence-electron chi connectivity index (χ3n) is 3.43. The Morgan fingerprint density at radius 3 is 2.16 bits per heavy atom. The topological polar surface area (TPSA) is 181 Å². The molecule has 0 aromatic rings. The van der Waals surface area contributed by atoms with Gasteiger partial charge in [0.2, 0.25) is 0 Å². The van der Waals surface area contributed by atoms with Gasteiger partial charge in [-0.15, -0.1) is 0 Å². The van der Waals surface area contributed by atoms with E-state index in [1.807, 2.05) is 20.8 Å². The van der Waals surface area contributed by atoms with Crippen molar-refractivity contribution in [3.05, 3.63) is 0 Å². The van der Waals surface area contributed by atoms with E-state index >= 15 is 0 Å². The molecule has 1 fully saturated rings. The van der Waals surface area contributed by atoms with Crippen molar-refractivity contribution >= 4 is 30.5 Å². The second-order valence-electron chi connectivity index (χ2n) is 5.41. The first kappa shape index (κ1) is 23.3. The SMILES string of the molecule is CCB=N[C@@H]1O[C@H](COP(=O)(O)OP(=O)(O)OP(=O)(O)O)C(C)[C@@H]1C. The molecule has 4 N–H and O–H groups in total. The van der Waals surface area contributed by atoms with Crippen LogP contribution < -0.4 is 0 Å². The van der Waals surface area contributed by atoms with Gasteiger partial charge in [-0.05, 0) is 0 Å². The van der Waals surface area contributed by atoms with Crippen LogP contribution in [0.2, 0.25) is 6.32 Å². The average Bonchev–Trinajstić information content (AvgIpc) is 2.66. The fraction of sp³-hybridized carbons (Fsp3) is 1.00. The Labute approximate surface area is 145 Å². The Hall–Kier alpha value is 0.235. The molecule has 0 spiro atoms. The maximum absolute atomic E-state index is 11.7. The molecule has 0 aromatic carbocycles. The summed E-state index contributed by atoms with van der Waals surface area (Å²) in [4.78, 5) is 39.6. The van der Waals surface area contributed by atoms with Gasteiger partial charge in [-0.25, -0.2) is 0 Å². The van der Waals surface area contributed by atoms with Crippen molar-refractivity contribution in [3.8, 4) is 0 Å². The van der Waals surface area contributed by atoms with E-state index in [9.17, 15) is 18.6 Å². The molecule has 25 heavy (non-hydrogen) atoms. The molecule has 1 saturated heterocycles. The fourth-order valence-corrected chi connectivity index (χ4v) is 5.10. The summed E-state index contributed by atoms with van der Waals surface area (Å²) in [6.45, 7) is 5.14. The zero-order valence-corrected chi connectivity index (χ0v) is 16.4. The molecule has 3 unspecified atom stereocenters. The molecule has 1 rings (SSSR count). The molecule has 0 radical (unpaired) electrons. The van der Waals surface area contributed by atoms with E-state index in [2.05, 4.69) is 18.0 Å². The van der Waals surface area contributed by atoms with Crippen molar-refractivity contribution in [1.29, 1.82) is 0 Å². The van der Waals surface area contributed by atoms with Crippen LogP contribution in [0.1, 0.15) is 20.8 Å². The zero-order chi connectivity index (χ0) is 19.5. The Morgan fingerprint density at radius 2 is 1.64 bits per heavy atom. The summed E-state index contributed by atoms with van der Waals surface area (Å²) in [6.07, 6.45) is -0.379. The van der Waals surface area contributed by atoms with Gasteiger partial charge >= 0.3 is 144 Å². The van der Waals surface area contributed by atoms with E-state index in [0.29, 0.717) is 6.32 Å². The molecule has 0 amide bonds. The van der Waals surface area contributed by atoms with Crippen LogP contribution in [0.15, 0.2) is 4.90 Å². The van der Waals surface area contributed by atoms with Crippen molar-refractivity contribution < 1.29 is 51.2 Å². The van der Waals surface area contributed by atoms with E-state index in [1.54, 1.807) is 7.07 Å². The second kappa shape index (κ2) is 8.95. The van der Waals surface area contributed by atoms with Gasteiger partial charge in [0.25, 0.3) is 0 Å². The van der Waals surface area contributed by atoms with Crippen LogP contribution in [0.25, 0.3) is 0 Å². The molecule has 0 aliphatic carbocycles. The summed E-state index contributed by atoms with van der Waals surface area (Å²) in [5.41, 5.74) is 0. The summed E-state index contributed by atoms with van der Waals surface area (Å²) in [5, 5.41) is 0. The first-order chi connectivity index (χ1) is 11.3. The standard InChI is InChI=1S/C9H21BNO11P3/c1-4-10-11-9-7(3)6(2)8(20-9)5-19-24(15,16)22-25(17,18)21-23(12,13)14/h6-9H,4-5H2,1-3H3,(H,15,16)(H,17,18)(H2,12,13,14)/t6?,7-,8+,9+/m0/s1. The maximum atomic E-state index is 11.7. The summed E-state index contributed by atoms with van der Waals surface area (Å²) < 4.78 is 50.9. The molecule has 1 heterocycles. The van der Waals surface area contributed by atoms with Crippen LogP contribution in [0.4, 0.5) is 0 Å². The Bertz CT molecular complexity index is 624. The quantitative estimate of drug-likeness (QED) is 0.313. The van der Waals surface area contributed by atoms with Crippen LogP contribution in [0.3, 0.4) is 0 Å². The van der Waals surface area contributed by atoms with E-state index in [0.717, 1.165) is 0 Å². The molecule has 146 valence electrons. The Kier molecular flexibility index (Phi) is 8.33. The van der Waals surface area contributed by atoms with Crippen LogP contribution in [-0.2, 0) is 31.6 Å². The summed E-state index contributed by atoms with van der Waals surface area (Å²) in [6, 6.07) is 0. The van der Waals surface area contributed by atoms with Gasteiger partial charge < -0.3 is 0 Å². The van der Waals surface area contributed by atoms with Gasteiger partial charge in [0.05, 0.1) is 0 Å². The summed E-state index contributed by atoms with van der Waals surface area (Å²) in [5.74, 6) is -0.108. The molecule has 0 aromatic heterocycles. The minimum atomic E-state index is -5.52. The Morgan fingerprint density at radius 1 is 1.04 bits per heavy atom. The molecular formula is C9H21BNO11P3. The van der Waals surface area contributed by atoms with Gasteiger partial charge in [0.15, 0.2) is 0 Å². The predicted octanol–water partition coefficient (Wildman–Crippen LogP) is 1.65. The first-order valence-electron chi connectivity index (χ1n) is 7.22. The molecule has 16 heteroatoms. The third kappa shape index (κ3) is 8.20. The molecular weight excluding hydrogens is 402 g/mol. The van der Waals surface area contributed by atoms with E-state index in [-0.39, 0.29) is 11.8 Å². The number of phosphoric acid groups is 3. The minimum absolute atomic E-state index is 0.00247. The number of rotatable bonds is 9. The van der Waals surface area contributed by atoms with Crippen molar-refractivity contribution in [3.63, 3.8) is 0 Å². The fourth-order valence-electron chi connectivity index (χ4n) is 2.07. The molecule has 1 aliphatic rings. The monoisotopic (exact) mass is 423 g/mol. The number of hydrogen-bond donors (Lipinski definition) is 4. The van der Waals surface area contributed by atoms with Gasteiger partial charge in [-0.2, -0.15) is 0 Å². The summed E-state index contributed by atoms with van der Waals surface area (Å²) in [7, 11) is -14.4. The molecule has 0 saturated carbocycles. The number of nitrogens with zero attached hydrogens (tertiary/aromatic N) is 1. The van der Waals surface area contributed by atoms with Crippen LogP contribution in [0.5, 0.6) is 0 Å². The van der Waals surface area contributed by atoms with E-state index in [4.69, 9.17) is 19.4 Å². The van der Waals surface area contributed by atoms with Gasteiger partial charge in [0.1, 0.15) is 0 Å². The van der Waals surface area contributed by atoms with Crippen molar-refractivity contribution in [2.24, 2.45) is 16.7 Å². The molecule has 6 atom stereocenters. The molecule has 1 aliphatic heterocycles. The summed E-state index contributed by atoms with van der Waals surface area (Å²) >= 11 is 0. The number of hydrogen-bond acceptors (Lipinski definition) is 8. The van der Waals surface area contributed by atoms with Crippen molar-refractivity contribution in [2.75, 3.05) is 6.61 Å². The van der Waals surface area contributed by atoms with Crippen molar-refractivity contribution in [1.82, 2.24) is 0 Å². The van der Waals surface area contributed by atoms with Crippen LogP contribution in [0, 0.1) is 11.8 Å². The first-order valence-corrected chi connectivity index (χ1v) is 11.7. The van der Waals surface area contributed by atoms with Gasteiger partial charge in [-0.3, -0.25) is 0 Å². The predicted molar refractivity (Wildman–Crippen MR) is 85.5 cm³/mol. The van der Waals surface area contributed by atoms with Crippen LogP contribution >= 0.6 is 23.5 Å². The average molecular weight is 423 g/mol. The van der Waals surface area contributed by atoms with Crippen LogP contribution in [-0.4, -0.2) is 45.6 Å². The zero-order valence-electron chi connectivity index (χ0n) is 13.7. The molecule has 0 bridgehead atoms. The number of phosphoric ester groups is 1. The van der Waals surface area contributed by atoms with Gasteiger partial charge in [-0.1, -0.05) is 0 Å². The van der Waals surface area contributed by atoms with Crippen molar-refractivity contribution in [2.45, 2.75) is 39.4 Å². The van der Waals surface area contributed by atoms with Gasteiger partial charge in [0, 0.05) is 0 Å². The third-order valence-corrected chi connectivity index (χ3v) is 7.24. The molecule has 12 nitrogen and oxygen atoms in total. The van der Waals surface area contributed by atoms with E-state index in [1.165, 1.54) is 0 Å². The Balaban J connectivity index is 2.64. The number of ether oxygens (including phenoxy) is 1. The second-order valence-corrected chi connectivity index (χ2v) is 9.83. The normalized spacial score (nSPS) is 32.3.